The number of ether oxygens (including phenoxy) is 2. The van der Waals surface area contributed by atoms with E-state index in [4.69, 9.17) is 21.1 Å². The molecule has 188 valence electrons. The molecule has 1 aliphatic heterocycles. The number of hydrogen-bond acceptors (Lipinski definition) is 10. The molecule has 4 rings (SSSR count). The van der Waals surface area contributed by atoms with Crippen LogP contribution in [0.25, 0.3) is 11.2 Å². The van der Waals surface area contributed by atoms with E-state index in [1.54, 1.807) is 45.0 Å². The molecule has 0 bridgehead atoms. The van der Waals surface area contributed by atoms with E-state index >= 15 is 0 Å². The largest absolute Gasteiger partial charge is 0.442 e. The zero-order valence-corrected chi connectivity index (χ0v) is 20.3. The maximum absolute atomic E-state index is 12.3. The summed E-state index contributed by atoms with van der Waals surface area (Å²) < 4.78 is 12.6. The second-order valence-electron chi connectivity index (χ2n) is 9.17. The first kappa shape index (κ1) is 25.1. The molecule has 1 unspecified atom stereocenters. The number of nitrogens with one attached hydrogen (secondary N) is 1. The van der Waals surface area contributed by atoms with Crippen molar-refractivity contribution in [3.63, 3.8) is 0 Å². The zero-order valence-electron chi connectivity index (χ0n) is 19.5. The zero-order chi connectivity index (χ0) is 25.5. The van der Waals surface area contributed by atoms with E-state index in [9.17, 15) is 20.1 Å². The number of hydrogen-bond donors (Lipinski definition) is 4. The summed E-state index contributed by atoms with van der Waals surface area (Å²) in [4.78, 5) is 24.9. The lowest BCUT2D eigenvalue weighted by atomic mass is 9.99. The maximum atomic E-state index is 12.3. The molecular formula is C22H27ClN6O6. The number of aliphatic hydroxyl groups is 3. The van der Waals surface area contributed by atoms with Crippen LogP contribution >= 0.6 is 11.6 Å². The average molecular weight is 507 g/mol. The smallest absolute Gasteiger partial charge is 0.428 e. The molecule has 1 aromatic carbocycles. The molecule has 1 amide bonds. The SMILES string of the molecule is CN(Nc1ncnc2c1ncn2[C@@H]1O[C@H](C(O)c2ccc(Cl)cc2)[C@@H](O)[C@H]1O)C(=O)OC(C)(C)C. The van der Waals surface area contributed by atoms with Gasteiger partial charge in [0, 0.05) is 12.1 Å². The molecule has 0 aliphatic carbocycles. The second-order valence-corrected chi connectivity index (χ2v) is 9.60. The Balaban J connectivity index is 1.56. The molecule has 1 aliphatic rings. The molecule has 0 spiro atoms. The number of aromatic nitrogens is 4. The Morgan fingerprint density at radius 1 is 1.20 bits per heavy atom. The van der Waals surface area contributed by atoms with Crippen molar-refractivity contribution in [3.05, 3.63) is 47.5 Å². The van der Waals surface area contributed by atoms with Gasteiger partial charge >= 0.3 is 6.09 Å². The van der Waals surface area contributed by atoms with Crippen LogP contribution in [0, 0.1) is 0 Å². The van der Waals surface area contributed by atoms with Gasteiger partial charge in [-0.2, -0.15) is 0 Å². The fraction of sp³-hybridized carbons (Fsp3) is 0.455. The third-order valence-electron chi connectivity index (χ3n) is 5.37. The fourth-order valence-electron chi connectivity index (χ4n) is 3.68. The molecule has 13 heteroatoms. The summed E-state index contributed by atoms with van der Waals surface area (Å²) in [5, 5.41) is 33.7. The van der Waals surface area contributed by atoms with Crippen molar-refractivity contribution in [3.8, 4) is 0 Å². The van der Waals surface area contributed by atoms with Crippen LogP contribution in [0.5, 0.6) is 0 Å². The van der Waals surface area contributed by atoms with Crippen LogP contribution in [0.4, 0.5) is 10.6 Å². The van der Waals surface area contributed by atoms with Gasteiger partial charge < -0.3 is 24.8 Å². The Morgan fingerprint density at radius 2 is 1.89 bits per heavy atom. The normalized spacial score (nSPS) is 23.3. The number of fused-ring (bicyclic) bond motifs is 1. The molecule has 3 aromatic rings. The molecule has 1 fully saturated rings. The Hall–Kier alpha value is -3.03. The van der Waals surface area contributed by atoms with Gasteiger partial charge in [0.15, 0.2) is 23.2 Å². The summed E-state index contributed by atoms with van der Waals surface area (Å²) in [6.07, 6.45) is -4.19. The molecule has 2 aromatic heterocycles. The number of carbonyl (C=O) groups is 1. The van der Waals surface area contributed by atoms with Crippen LogP contribution in [0.1, 0.15) is 38.7 Å². The van der Waals surface area contributed by atoms with E-state index in [-0.39, 0.29) is 17.0 Å². The van der Waals surface area contributed by atoms with Gasteiger partial charge in [-0.1, -0.05) is 23.7 Å². The van der Waals surface area contributed by atoms with E-state index in [0.717, 1.165) is 5.01 Å². The molecule has 0 saturated carbocycles. The number of anilines is 1. The summed E-state index contributed by atoms with van der Waals surface area (Å²) in [6, 6.07) is 6.44. The van der Waals surface area contributed by atoms with Gasteiger partial charge in [-0.3, -0.25) is 9.99 Å². The van der Waals surface area contributed by atoms with Gasteiger partial charge in [0.05, 0.1) is 6.33 Å². The van der Waals surface area contributed by atoms with E-state index in [0.29, 0.717) is 10.6 Å². The maximum Gasteiger partial charge on any atom is 0.428 e. The summed E-state index contributed by atoms with van der Waals surface area (Å²) in [5.74, 6) is 0.216. The number of amides is 1. The van der Waals surface area contributed by atoms with Crippen molar-refractivity contribution in [2.24, 2.45) is 0 Å². The highest BCUT2D eigenvalue weighted by atomic mass is 35.5. The number of aliphatic hydroxyl groups excluding tert-OH is 3. The quantitative estimate of drug-likeness (QED) is 0.377. The summed E-state index contributed by atoms with van der Waals surface area (Å²) in [6.45, 7) is 5.26. The summed E-state index contributed by atoms with van der Waals surface area (Å²) >= 11 is 5.91. The number of rotatable bonds is 5. The van der Waals surface area contributed by atoms with Crippen molar-refractivity contribution < 1.29 is 29.6 Å². The third-order valence-corrected chi connectivity index (χ3v) is 5.62. The van der Waals surface area contributed by atoms with Gasteiger partial charge in [0.2, 0.25) is 0 Å². The highest BCUT2D eigenvalue weighted by Gasteiger charge is 2.47. The molecule has 3 heterocycles. The fourth-order valence-corrected chi connectivity index (χ4v) is 3.81. The van der Waals surface area contributed by atoms with Crippen molar-refractivity contribution in [2.45, 2.75) is 57.0 Å². The molecule has 4 N–H and O–H groups in total. The number of imidazole rings is 1. The van der Waals surface area contributed by atoms with Crippen molar-refractivity contribution in [2.75, 3.05) is 12.5 Å². The average Bonchev–Trinajstić information content (AvgIpc) is 3.34. The van der Waals surface area contributed by atoms with E-state index in [1.165, 1.54) is 24.3 Å². The van der Waals surface area contributed by atoms with Crippen molar-refractivity contribution in [1.82, 2.24) is 24.5 Å². The first-order valence-electron chi connectivity index (χ1n) is 10.8. The van der Waals surface area contributed by atoms with Crippen molar-refractivity contribution >= 4 is 34.7 Å². The lowest BCUT2D eigenvalue weighted by Gasteiger charge is -2.25. The molecule has 0 radical (unpaired) electrons. The first-order chi connectivity index (χ1) is 16.5. The Bertz CT molecular complexity index is 1200. The van der Waals surface area contributed by atoms with Crippen LogP contribution in [0.3, 0.4) is 0 Å². The third kappa shape index (κ3) is 5.16. The highest BCUT2D eigenvalue weighted by Crippen LogP contribution is 2.37. The van der Waals surface area contributed by atoms with Gasteiger partial charge in [0.1, 0.15) is 36.3 Å². The standard InChI is InChI=1S/C22H27ClN6O6/c1-22(2,3)35-21(33)28(4)27-18-13-19(25-9-24-18)29(10-26-13)20-16(32)15(31)17(34-20)14(30)11-5-7-12(23)8-6-11/h5-10,14-17,20,30-32H,1-4H3,(H,24,25,27)/t14?,15-,16+,17+,20+/m0/s1. The minimum Gasteiger partial charge on any atom is -0.442 e. The Kier molecular flexibility index (Phi) is 6.84. The molecular weight excluding hydrogens is 480 g/mol. The minimum absolute atomic E-state index is 0.216. The van der Waals surface area contributed by atoms with Gasteiger partial charge in [-0.15, -0.1) is 0 Å². The number of carbonyl (C=O) groups excluding carboxylic acids is 1. The molecule has 1 saturated heterocycles. The van der Waals surface area contributed by atoms with Crippen LogP contribution in [-0.2, 0) is 9.47 Å². The minimum atomic E-state index is -1.39. The van der Waals surface area contributed by atoms with Crippen LogP contribution in [0.15, 0.2) is 36.9 Å². The van der Waals surface area contributed by atoms with E-state index < -0.39 is 42.3 Å². The summed E-state index contributed by atoms with van der Waals surface area (Å²) in [7, 11) is 1.47. The molecule has 5 atom stereocenters. The van der Waals surface area contributed by atoms with Gasteiger partial charge in [0.25, 0.3) is 0 Å². The second kappa shape index (κ2) is 9.55. The molecule has 35 heavy (non-hydrogen) atoms. The summed E-state index contributed by atoms with van der Waals surface area (Å²) in [5.41, 5.74) is 3.17. The van der Waals surface area contributed by atoms with Crippen LogP contribution < -0.4 is 5.43 Å². The lowest BCUT2D eigenvalue weighted by Crippen LogP contribution is -2.37. The van der Waals surface area contributed by atoms with E-state index in [1.807, 2.05) is 0 Å². The van der Waals surface area contributed by atoms with Gasteiger partial charge in [-0.05, 0) is 38.5 Å². The van der Waals surface area contributed by atoms with E-state index in [2.05, 4.69) is 20.4 Å². The predicted molar refractivity (Wildman–Crippen MR) is 125 cm³/mol. The topological polar surface area (TPSA) is 155 Å². The van der Waals surface area contributed by atoms with Crippen molar-refractivity contribution in [1.29, 1.82) is 0 Å². The highest BCUT2D eigenvalue weighted by molar-refractivity contribution is 6.30. The monoisotopic (exact) mass is 506 g/mol. The lowest BCUT2D eigenvalue weighted by molar-refractivity contribution is -0.0849. The number of nitrogens with zero attached hydrogens (tertiary/aromatic N) is 5. The predicted octanol–water partition coefficient (Wildman–Crippen LogP) is 2.03. The Labute approximate surface area is 206 Å². The van der Waals surface area contributed by atoms with Crippen LogP contribution in [0.2, 0.25) is 5.02 Å². The molecule has 12 nitrogen and oxygen atoms in total. The first-order valence-corrected chi connectivity index (χ1v) is 11.2. The number of benzene rings is 1. The number of halogens is 1. The number of hydrazine groups is 1. The Morgan fingerprint density at radius 3 is 2.54 bits per heavy atom. The van der Waals surface area contributed by atoms with Crippen LogP contribution in [-0.4, -0.2) is 76.9 Å². The van der Waals surface area contributed by atoms with Gasteiger partial charge in [-0.25, -0.2) is 24.8 Å².